The first-order valence-electron chi connectivity index (χ1n) is 11.6. The van der Waals surface area contributed by atoms with Crippen molar-refractivity contribution in [2.45, 2.75) is 44.4 Å². The average Bonchev–Trinajstić information content (AvgIpc) is 3.23. The summed E-state index contributed by atoms with van der Waals surface area (Å²) < 4.78 is 17.1. The number of carbonyl (C=O) groups is 1. The summed E-state index contributed by atoms with van der Waals surface area (Å²) in [5.74, 6) is 0.844. The van der Waals surface area contributed by atoms with Crippen molar-refractivity contribution in [2.24, 2.45) is 5.92 Å². The summed E-state index contributed by atoms with van der Waals surface area (Å²) in [5.41, 5.74) is 1.92. The largest absolute Gasteiger partial charge is 0.490 e. The highest BCUT2D eigenvalue weighted by molar-refractivity contribution is 6.33. The number of carboxylic acid groups (broad SMARTS) is 1. The Bertz CT molecular complexity index is 989. The predicted octanol–water partition coefficient (Wildman–Crippen LogP) is 4.11. The molecule has 0 aliphatic carbocycles. The lowest BCUT2D eigenvalue weighted by Crippen LogP contribution is -2.44. The summed E-state index contributed by atoms with van der Waals surface area (Å²) in [6.45, 7) is 4.60. The number of piperidine rings is 1. The van der Waals surface area contributed by atoms with E-state index < -0.39 is 5.97 Å². The van der Waals surface area contributed by atoms with Crippen LogP contribution in [-0.2, 0) is 9.53 Å². The molecule has 0 spiro atoms. The van der Waals surface area contributed by atoms with E-state index in [1.807, 2.05) is 30.3 Å². The molecule has 184 valence electrons. The fourth-order valence-corrected chi connectivity index (χ4v) is 5.24. The molecule has 2 aliphatic heterocycles. The molecule has 34 heavy (non-hydrogen) atoms. The van der Waals surface area contributed by atoms with Gasteiger partial charge in [-0.1, -0.05) is 18.5 Å². The average molecular weight is 490 g/mol. The quantitative estimate of drug-likeness (QED) is 0.593. The fraction of sp³-hybridized carbons (Fsp3) is 0.520. The van der Waals surface area contributed by atoms with E-state index in [-0.39, 0.29) is 24.7 Å². The maximum Gasteiger partial charge on any atom is 0.305 e. The second kappa shape index (κ2) is 10.7. The van der Waals surface area contributed by atoms with E-state index >= 15 is 0 Å². The third kappa shape index (κ3) is 5.33. The zero-order chi connectivity index (χ0) is 24.2. The molecular weight excluding hydrogens is 458 g/mol. The van der Waals surface area contributed by atoms with Gasteiger partial charge in [-0.2, -0.15) is 0 Å². The molecule has 2 aliphatic rings. The second-order valence-corrected chi connectivity index (χ2v) is 9.37. The van der Waals surface area contributed by atoms with Crippen molar-refractivity contribution in [1.29, 1.82) is 0 Å². The minimum absolute atomic E-state index is 0.0558. The molecule has 0 radical (unpaired) electrons. The number of carboxylic acids is 1. The Balaban J connectivity index is 1.38. The van der Waals surface area contributed by atoms with E-state index in [0.29, 0.717) is 16.8 Å². The summed E-state index contributed by atoms with van der Waals surface area (Å²) in [6, 6.07) is 9.65. The van der Waals surface area contributed by atoms with Crippen molar-refractivity contribution in [3.63, 3.8) is 0 Å². The van der Waals surface area contributed by atoms with E-state index in [2.05, 4.69) is 21.7 Å². The van der Waals surface area contributed by atoms with Gasteiger partial charge in [-0.15, -0.1) is 0 Å². The van der Waals surface area contributed by atoms with E-state index in [1.54, 1.807) is 20.4 Å². The van der Waals surface area contributed by atoms with Crippen LogP contribution in [0.5, 0.6) is 11.6 Å². The minimum atomic E-state index is -0.814. The molecule has 2 saturated heterocycles. The molecule has 2 unspecified atom stereocenters. The number of nitrogens with zero attached hydrogens (tertiary/aromatic N) is 3. The fourth-order valence-electron chi connectivity index (χ4n) is 5.01. The maximum absolute atomic E-state index is 11.3. The van der Waals surface area contributed by atoms with Gasteiger partial charge in [0.05, 0.1) is 42.6 Å². The molecule has 1 N–H and O–H groups in total. The van der Waals surface area contributed by atoms with E-state index in [0.717, 1.165) is 49.6 Å². The van der Waals surface area contributed by atoms with Gasteiger partial charge < -0.3 is 29.1 Å². The molecule has 0 bridgehead atoms. The molecule has 1 aromatic carbocycles. The van der Waals surface area contributed by atoms with Gasteiger partial charge in [0.1, 0.15) is 11.9 Å². The van der Waals surface area contributed by atoms with E-state index in [4.69, 9.17) is 25.8 Å². The molecule has 3 heterocycles. The van der Waals surface area contributed by atoms with Crippen LogP contribution >= 0.6 is 11.6 Å². The van der Waals surface area contributed by atoms with Crippen LogP contribution in [0.3, 0.4) is 0 Å². The molecule has 4 rings (SSSR count). The van der Waals surface area contributed by atoms with Gasteiger partial charge in [0.25, 0.3) is 0 Å². The number of aliphatic carboxylic acids is 1. The smallest absolute Gasteiger partial charge is 0.305 e. The van der Waals surface area contributed by atoms with Gasteiger partial charge in [-0.25, -0.2) is 4.98 Å². The van der Waals surface area contributed by atoms with Gasteiger partial charge >= 0.3 is 5.97 Å². The molecule has 0 saturated carbocycles. The number of aromatic nitrogens is 1. The number of halogens is 1. The number of pyridine rings is 1. The monoisotopic (exact) mass is 489 g/mol. The number of rotatable bonds is 8. The summed E-state index contributed by atoms with van der Waals surface area (Å²) in [6.07, 6.45) is 3.38. The molecule has 2 aromatic rings. The van der Waals surface area contributed by atoms with Gasteiger partial charge in [0.15, 0.2) is 0 Å². The van der Waals surface area contributed by atoms with Crippen molar-refractivity contribution in [2.75, 3.05) is 43.7 Å². The van der Waals surface area contributed by atoms with Crippen LogP contribution in [0.15, 0.2) is 36.5 Å². The van der Waals surface area contributed by atoms with E-state index in [1.165, 1.54) is 0 Å². The molecule has 1 aromatic heterocycles. The van der Waals surface area contributed by atoms with Crippen LogP contribution in [-0.4, -0.2) is 68.2 Å². The van der Waals surface area contributed by atoms with Crippen LogP contribution in [0, 0.1) is 5.92 Å². The number of hydrogen-bond donors (Lipinski definition) is 1. The Labute approximate surface area is 205 Å². The zero-order valence-corrected chi connectivity index (χ0v) is 20.6. The summed E-state index contributed by atoms with van der Waals surface area (Å²) in [5, 5.41) is 9.93. The number of ether oxygens (including phenoxy) is 3. The van der Waals surface area contributed by atoms with Crippen molar-refractivity contribution < 1.29 is 24.1 Å². The Hall–Kier alpha value is -2.71. The molecular formula is C25H32ClN3O5. The van der Waals surface area contributed by atoms with Gasteiger partial charge in [0.2, 0.25) is 5.88 Å². The normalized spacial score (nSPS) is 24.8. The first-order valence-corrected chi connectivity index (χ1v) is 12.0. The minimum Gasteiger partial charge on any atom is -0.490 e. The Kier molecular flexibility index (Phi) is 7.68. The Morgan fingerprint density at radius 3 is 2.56 bits per heavy atom. The van der Waals surface area contributed by atoms with Crippen LogP contribution < -0.4 is 19.3 Å². The number of hydrogen-bond acceptors (Lipinski definition) is 7. The lowest BCUT2D eigenvalue weighted by atomic mass is 9.96. The van der Waals surface area contributed by atoms with Crippen molar-refractivity contribution in [3.8, 4) is 11.6 Å². The third-order valence-electron chi connectivity index (χ3n) is 6.81. The SMILES string of the molecule is COc1cc(N2CCC(Oc3ccc(N4CC[C@@H](OC)[C@@H]4CC(=O)O)cc3)C(C)C2)c(Cl)cn1. The number of methoxy groups -OCH3 is 2. The highest BCUT2D eigenvalue weighted by Gasteiger charge is 2.36. The van der Waals surface area contributed by atoms with Crippen molar-refractivity contribution in [1.82, 2.24) is 4.98 Å². The molecule has 0 amide bonds. The second-order valence-electron chi connectivity index (χ2n) is 8.96. The predicted molar refractivity (Wildman–Crippen MR) is 131 cm³/mol. The van der Waals surface area contributed by atoms with Crippen LogP contribution in [0.4, 0.5) is 11.4 Å². The lowest BCUT2D eigenvalue weighted by Gasteiger charge is -2.38. The molecule has 9 heteroatoms. The molecule has 8 nitrogen and oxygen atoms in total. The van der Waals surface area contributed by atoms with Crippen LogP contribution in [0.2, 0.25) is 5.02 Å². The van der Waals surface area contributed by atoms with Crippen LogP contribution in [0.1, 0.15) is 26.2 Å². The van der Waals surface area contributed by atoms with Gasteiger partial charge in [-0.05, 0) is 30.7 Å². The summed E-state index contributed by atoms with van der Waals surface area (Å²) in [4.78, 5) is 19.9. The Morgan fingerprint density at radius 2 is 1.91 bits per heavy atom. The van der Waals surface area contributed by atoms with Crippen molar-refractivity contribution in [3.05, 3.63) is 41.6 Å². The van der Waals surface area contributed by atoms with Gasteiger partial charge in [0, 0.05) is 50.8 Å². The highest BCUT2D eigenvalue weighted by atomic mass is 35.5. The van der Waals surface area contributed by atoms with Gasteiger partial charge in [-0.3, -0.25) is 4.79 Å². The standard InChI is InChI=1S/C25H32ClN3O5/c1-16-15-28(20-12-24(33-3)27-14-19(20)26)10-8-22(16)34-18-6-4-17(5-7-18)29-11-9-23(32-2)21(29)13-25(30)31/h4-7,12,14,16,21-23H,8-11,13,15H2,1-3H3,(H,30,31)/t16?,21-,22?,23+/m0/s1. The first kappa shape index (κ1) is 24.4. The molecule has 2 fully saturated rings. The molecule has 4 atom stereocenters. The summed E-state index contributed by atoms with van der Waals surface area (Å²) >= 11 is 6.39. The zero-order valence-electron chi connectivity index (χ0n) is 19.8. The number of benzene rings is 1. The van der Waals surface area contributed by atoms with Crippen molar-refractivity contribution >= 4 is 28.9 Å². The lowest BCUT2D eigenvalue weighted by molar-refractivity contribution is -0.138. The topological polar surface area (TPSA) is 84.4 Å². The Morgan fingerprint density at radius 1 is 1.18 bits per heavy atom. The highest BCUT2D eigenvalue weighted by Crippen LogP contribution is 2.34. The van der Waals surface area contributed by atoms with Crippen LogP contribution in [0.25, 0.3) is 0 Å². The first-order chi connectivity index (χ1) is 16.4. The van der Waals surface area contributed by atoms with E-state index in [9.17, 15) is 9.90 Å². The maximum atomic E-state index is 11.3. The third-order valence-corrected chi connectivity index (χ3v) is 7.10. The summed E-state index contributed by atoms with van der Waals surface area (Å²) in [7, 11) is 3.24. The number of anilines is 2.